The van der Waals surface area contributed by atoms with Crippen molar-refractivity contribution in [3.05, 3.63) is 29.8 Å². The lowest BCUT2D eigenvalue weighted by molar-refractivity contribution is 0.191. The molecule has 1 aromatic rings. The van der Waals surface area contributed by atoms with Gasteiger partial charge in [0.05, 0.1) is 11.4 Å². The minimum absolute atomic E-state index is 0.117. The molecule has 8 heteroatoms. The number of rotatable bonds is 10. The Hall–Kier alpha value is -1.64. The molecule has 1 saturated heterocycles. The summed E-state index contributed by atoms with van der Waals surface area (Å²) in [7, 11) is -3.40. The molecule has 2 fully saturated rings. The number of likely N-dealkylation sites (tertiary alicyclic amines) is 1. The van der Waals surface area contributed by atoms with Crippen molar-refractivity contribution in [3.63, 3.8) is 0 Å². The average molecular weight is 436 g/mol. The molecule has 0 bridgehead atoms. The van der Waals surface area contributed by atoms with Gasteiger partial charge in [0.1, 0.15) is 0 Å². The number of nitrogens with zero attached hydrogens (tertiary/aromatic N) is 2. The molecule has 3 N–H and O–H groups in total. The first-order chi connectivity index (χ1) is 14.5. The molecular weight excluding hydrogens is 398 g/mol. The minimum atomic E-state index is -3.40. The number of piperidine rings is 1. The van der Waals surface area contributed by atoms with Gasteiger partial charge in [0.2, 0.25) is 10.0 Å². The monoisotopic (exact) mass is 435 g/mol. The number of hydrogen-bond acceptors (Lipinski definition) is 4. The predicted octanol–water partition coefficient (Wildman–Crippen LogP) is 2.30. The Kier molecular flexibility index (Phi) is 8.53. The van der Waals surface area contributed by atoms with Crippen molar-refractivity contribution in [2.24, 2.45) is 10.9 Å². The molecule has 2 aliphatic rings. The maximum absolute atomic E-state index is 12.3. The molecular formula is C22H37N5O2S. The van der Waals surface area contributed by atoms with Gasteiger partial charge in [0.25, 0.3) is 0 Å². The van der Waals surface area contributed by atoms with E-state index in [1.807, 2.05) is 12.1 Å². The quantitative estimate of drug-likeness (QED) is 0.298. The summed E-state index contributed by atoms with van der Waals surface area (Å²) < 4.78 is 27.2. The maximum Gasteiger partial charge on any atom is 0.240 e. The Morgan fingerprint density at radius 1 is 1.10 bits per heavy atom. The highest BCUT2D eigenvalue weighted by atomic mass is 32.2. The Labute approximate surface area is 181 Å². The first kappa shape index (κ1) is 23.0. The van der Waals surface area contributed by atoms with E-state index >= 15 is 0 Å². The van der Waals surface area contributed by atoms with Gasteiger partial charge in [-0.05, 0) is 82.3 Å². The Morgan fingerprint density at radius 2 is 1.80 bits per heavy atom. The van der Waals surface area contributed by atoms with Crippen LogP contribution in [-0.4, -0.2) is 58.0 Å². The molecule has 30 heavy (non-hydrogen) atoms. The fourth-order valence-electron chi connectivity index (χ4n) is 3.57. The second-order valence-electron chi connectivity index (χ2n) is 8.54. The van der Waals surface area contributed by atoms with Crippen LogP contribution >= 0.6 is 0 Å². The standard InChI is InChI=1S/C22H37N5O2S/c1-3-23-22(24-13-4-14-27-15-11-18(2)12-16-27)25-17-19-5-9-21(10-6-19)30(28,29)26-20-7-8-20/h5-6,9-10,18,20,26H,3-4,7-8,11-17H2,1-2H3,(H2,23,24,25). The molecule has 1 heterocycles. The first-order valence-corrected chi connectivity index (χ1v) is 12.8. The topological polar surface area (TPSA) is 85.8 Å². The zero-order chi connectivity index (χ0) is 21.4. The third kappa shape index (κ3) is 7.56. The van der Waals surface area contributed by atoms with Gasteiger partial charge in [0, 0.05) is 19.1 Å². The summed E-state index contributed by atoms with van der Waals surface area (Å²) in [5.74, 6) is 1.67. The van der Waals surface area contributed by atoms with Crippen molar-refractivity contribution >= 4 is 16.0 Å². The summed E-state index contributed by atoms with van der Waals surface area (Å²) in [5, 5.41) is 6.69. The Balaban J connectivity index is 1.44. The molecule has 0 atom stereocenters. The van der Waals surface area contributed by atoms with Crippen LogP contribution in [0.1, 0.15) is 51.5 Å². The maximum atomic E-state index is 12.3. The van der Waals surface area contributed by atoms with E-state index in [0.29, 0.717) is 11.4 Å². The minimum Gasteiger partial charge on any atom is -0.357 e. The molecule has 1 aromatic carbocycles. The van der Waals surface area contributed by atoms with Gasteiger partial charge >= 0.3 is 0 Å². The SMILES string of the molecule is CCNC(=NCc1ccc(S(=O)(=O)NC2CC2)cc1)NCCCN1CCC(C)CC1. The number of guanidine groups is 1. The van der Waals surface area contributed by atoms with Crippen LogP contribution in [0.5, 0.6) is 0 Å². The average Bonchev–Trinajstić information content (AvgIpc) is 3.54. The summed E-state index contributed by atoms with van der Waals surface area (Å²) in [6, 6.07) is 7.12. The fraction of sp³-hybridized carbons (Fsp3) is 0.682. The summed E-state index contributed by atoms with van der Waals surface area (Å²) in [6.45, 7) is 10.2. The first-order valence-electron chi connectivity index (χ1n) is 11.3. The fourth-order valence-corrected chi connectivity index (χ4v) is 4.87. The number of aliphatic imine (C=N–C) groups is 1. The van der Waals surface area contributed by atoms with E-state index in [4.69, 9.17) is 0 Å². The van der Waals surface area contributed by atoms with Gasteiger partial charge in [-0.3, -0.25) is 0 Å². The normalized spacial score (nSPS) is 19.1. The van der Waals surface area contributed by atoms with Gasteiger partial charge in [-0.25, -0.2) is 18.1 Å². The van der Waals surface area contributed by atoms with Crippen LogP contribution in [-0.2, 0) is 16.6 Å². The number of hydrogen-bond donors (Lipinski definition) is 3. The molecule has 0 spiro atoms. The van der Waals surface area contributed by atoms with E-state index in [2.05, 4.69) is 39.1 Å². The lowest BCUT2D eigenvalue weighted by Gasteiger charge is -2.30. The van der Waals surface area contributed by atoms with E-state index in [-0.39, 0.29) is 6.04 Å². The molecule has 0 unspecified atom stereocenters. The zero-order valence-electron chi connectivity index (χ0n) is 18.4. The van der Waals surface area contributed by atoms with Gasteiger partial charge < -0.3 is 15.5 Å². The highest BCUT2D eigenvalue weighted by Gasteiger charge is 2.27. The third-order valence-corrected chi connectivity index (χ3v) is 7.25. The molecule has 3 rings (SSSR count). The Bertz CT molecular complexity index is 782. The van der Waals surface area contributed by atoms with Crippen molar-refractivity contribution in [3.8, 4) is 0 Å². The van der Waals surface area contributed by atoms with Crippen molar-refractivity contribution in [2.45, 2.75) is 63.4 Å². The van der Waals surface area contributed by atoms with E-state index < -0.39 is 10.0 Å². The third-order valence-electron chi connectivity index (χ3n) is 5.72. The molecule has 0 aromatic heterocycles. The molecule has 7 nitrogen and oxygen atoms in total. The van der Waals surface area contributed by atoms with Gasteiger partial charge in [-0.1, -0.05) is 19.1 Å². The van der Waals surface area contributed by atoms with Crippen LogP contribution in [0, 0.1) is 5.92 Å². The van der Waals surface area contributed by atoms with E-state index in [1.165, 1.54) is 25.9 Å². The largest absolute Gasteiger partial charge is 0.357 e. The van der Waals surface area contributed by atoms with Crippen LogP contribution in [0.3, 0.4) is 0 Å². The lowest BCUT2D eigenvalue weighted by atomic mass is 9.99. The van der Waals surface area contributed by atoms with Gasteiger partial charge in [0.15, 0.2) is 5.96 Å². The summed E-state index contributed by atoms with van der Waals surface area (Å²) >= 11 is 0. The number of nitrogens with one attached hydrogen (secondary N) is 3. The van der Waals surface area contributed by atoms with Crippen molar-refractivity contribution in [1.29, 1.82) is 0 Å². The highest BCUT2D eigenvalue weighted by Crippen LogP contribution is 2.22. The van der Waals surface area contributed by atoms with Crippen molar-refractivity contribution < 1.29 is 8.42 Å². The van der Waals surface area contributed by atoms with Crippen LogP contribution in [0.2, 0.25) is 0 Å². The molecule has 0 amide bonds. The molecule has 1 aliphatic carbocycles. The molecule has 1 saturated carbocycles. The van der Waals surface area contributed by atoms with Gasteiger partial charge in [-0.15, -0.1) is 0 Å². The molecule has 0 radical (unpaired) electrons. The van der Waals surface area contributed by atoms with E-state index in [9.17, 15) is 8.42 Å². The van der Waals surface area contributed by atoms with Crippen LogP contribution in [0.25, 0.3) is 0 Å². The van der Waals surface area contributed by atoms with Crippen LogP contribution in [0.4, 0.5) is 0 Å². The summed E-state index contributed by atoms with van der Waals surface area (Å²) in [6.07, 6.45) is 5.59. The second kappa shape index (κ2) is 11.1. The number of sulfonamides is 1. The lowest BCUT2D eigenvalue weighted by Crippen LogP contribution is -2.39. The predicted molar refractivity (Wildman–Crippen MR) is 122 cm³/mol. The Morgan fingerprint density at radius 3 is 2.43 bits per heavy atom. The molecule has 1 aliphatic heterocycles. The number of benzene rings is 1. The van der Waals surface area contributed by atoms with Crippen LogP contribution < -0.4 is 15.4 Å². The smallest absolute Gasteiger partial charge is 0.240 e. The summed E-state index contributed by atoms with van der Waals surface area (Å²) in [5.41, 5.74) is 0.986. The zero-order valence-corrected chi connectivity index (χ0v) is 19.2. The molecule has 168 valence electrons. The van der Waals surface area contributed by atoms with E-state index in [0.717, 1.165) is 56.3 Å². The van der Waals surface area contributed by atoms with Crippen molar-refractivity contribution in [2.75, 3.05) is 32.7 Å². The van der Waals surface area contributed by atoms with Crippen molar-refractivity contribution in [1.82, 2.24) is 20.3 Å². The highest BCUT2D eigenvalue weighted by molar-refractivity contribution is 7.89. The second-order valence-corrected chi connectivity index (χ2v) is 10.3. The summed E-state index contributed by atoms with van der Waals surface area (Å²) in [4.78, 5) is 7.52. The van der Waals surface area contributed by atoms with Crippen LogP contribution in [0.15, 0.2) is 34.2 Å². The van der Waals surface area contributed by atoms with Gasteiger partial charge in [-0.2, -0.15) is 0 Å². The van der Waals surface area contributed by atoms with E-state index in [1.54, 1.807) is 12.1 Å².